The number of nitrogens with zero attached hydrogens (tertiary/aromatic N) is 2. The zero-order chi connectivity index (χ0) is 28.1. The number of hydrogen-bond acceptors (Lipinski definition) is 8. The Bertz CT molecular complexity index is 729. The lowest BCUT2D eigenvalue weighted by molar-refractivity contribution is -0.268. The van der Waals surface area contributed by atoms with Crippen molar-refractivity contribution in [2.24, 2.45) is 0 Å². The Labute approximate surface area is 226 Å². The highest BCUT2D eigenvalue weighted by Crippen LogP contribution is 2.40. The number of hydrogen-bond donors (Lipinski definition) is 2. The van der Waals surface area contributed by atoms with E-state index in [4.69, 9.17) is 9.68 Å². The molecule has 2 fully saturated rings. The van der Waals surface area contributed by atoms with Gasteiger partial charge in [0.2, 0.25) is 0 Å². The highest BCUT2D eigenvalue weighted by molar-refractivity contribution is 5.68. The molecule has 2 aliphatic heterocycles. The zero-order valence-corrected chi connectivity index (χ0v) is 25.5. The molecule has 2 aliphatic rings. The molecule has 0 bridgehead atoms. The summed E-state index contributed by atoms with van der Waals surface area (Å²) in [7, 11) is 0. The Balaban J connectivity index is 1.66. The van der Waals surface area contributed by atoms with Crippen molar-refractivity contribution in [3.05, 3.63) is 0 Å². The van der Waals surface area contributed by atoms with Gasteiger partial charge in [0.05, 0.1) is 22.2 Å². The molecule has 0 atom stereocenters. The van der Waals surface area contributed by atoms with E-state index >= 15 is 0 Å². The lowest BCUT2D eigenvalue weighted by Gasteiger charge is -2.53. The number of hydroxylamine groups is 4. The summed E-state index contributed by atoms with van der Waals surface area (Å²) in [6.45, 7) is 22.7. The molecule has 0 unspecified atom stereocenters. The summed E-state index contributed by atoms with van der Waals surface area (Å²) < 4.78 is 0. The minimum absolute atomic E-state index is 0.165. The summed E-state index contributed by atoms with van der Waals surface area (Å²) in [6.07, 6.45) is 9.00. The minimum Gasteiger partial charge on any atom is -0.367 e. The van der Waals surface area contributed by atoms with Gasteiger partial charge in [-0.15, -0.1) is 10.1 Å². The summed E-state index contributed by atoms with van der Waals surface area (Å²) in [4.78, 5) is 34.8. The molecule has 2 rings (SSSR count). The van der Waals surface area contributed by atoms with Crippen molar-refractivity contribution in [2.45, 2.75) is 161 Å². The van der Waals surface area contributed by atoms with Crippen molar-refractivity contribution in [3.63, 3.8) is 0 Å². The van der Waals surface area contributed by atoms with E-state index in [1.807, 2.05) is 17.1 Å². The van der Waals surface area contributed by atoms with Crippen LogP contribution in [0.3, 0.4) is 0 Å². The number of nitrogens with one attached hydrogen (secondary N) is 2. The third kappa shape index (κ3) is 9.19. The van der Waals surface area contributed by atoms with Gasteiger partial charge in [0.25, 0.3) is 0 Å². The van der Waals surface area contributed by atoms with Crippen LogP contribution in [0.1, 0.15) is 127 Å². The molecule has 8 heteroatoms. The number of carbonyl (C=O) groups excluding carboxylic acids is 2. The van der Waals surface area contributed by atoms with Crippen molar-refractivity contribution in [1.29, 1.82) is 0 Å². The Morgan fingerprint density at radius 2 is 1.03 bits per heavy atom. The lowest BCUT2D eigenvalue weighted by Crippen LogP contribution is -2.64. The Hall–Kier alpha value is -1.22. The third-order valence-corrected chi connectivity index (χ3v) is 7.85. The second kappa shape index (κ2) is 12.8. The first-order valence-electron chi connectivity index (χ1n) is 14.5. The Kier molecular flexibility index (Phi) is 11.0. The van der Waals surface area contributed by atoms with Crippen LogP contribution in [0.4, 0.5) is 0 Å². The first-order valence-corrected chi connectivity index (χ1v) is 14.5. The van der Waals surface area contributed by atoms with Gasteiger partial charge in [-0.25, -0.2) is 0 Å². The summed E-state index contributed by atoms with van der Waals surface area (Å²) in [5, 5.41) is 11.4. The van der Waals surface area contributed by atoms with E-state index in [0.29, 0.717) is 18.5 Å². The zero-order valence-electron chi connectivity index (χ0n) is 25.5. The predicted octanol–water partition coefficient (Wildman–Crippen LogP) is 5.12. The second-order valence-corrected chi connectivity index (χ2v) is 13.8. The fourth-order valence-electron chi connectivity index (χ4n) is 6.82. The largest absolute Gasteiger partial charge is 0.367 e. The fourth-order valence-corrected chi connectivity index (χ4v) is 6.82. The number of carbonyl (C=O) groups is 2. The lowest BCUT2D eigenvalue weighted by atomic mass is 9.79. The van der Waals surface area contributed by atoms with Crippen molar-refractivity contribution in [1.82, 2.24) is 20.8 Å². The maximum absolute atomic E-state index is 11.9. The van der Waals surface area contributed by atoms with Gasteiger partial charge in [0.1, 0.15) is 0 Å². The molecule has 2 saturated heterocycles. The van der Waals surface area contributed by atoms with E-state index in [0.717, 1.165) is 38.8 Å². The molecule has 0 aromatic heterocycles. The summed E-state index contributed by atoms with van der Waals surface area (Å²) in [5.41, 5.74) is -0.803. The maximum Gasteiger partial charge on any atom is 0.324 e. The highest BCUT2D eigenvalue weighted by Gasteiger charge is 2.49. The molecule has 37 heavy (non-hydrogen) atoms. The molecular formula is C29H56N4O4. The molecule has 0 saturated carbocycles. The van der Waals surface area contributed by atoms with Gasteiger partial charge in [-0.3, -0.25) is 9.59 Å². The van der Waals surface area contributed by atoms with Crippen LogP contribution in [-0.4, -0.2) is 69.4 Å². The van der Waals surface area contributed by atoms with Gasteiger partial charge < -0.3 is 20.3 Å². The van der Waals surface area contributed by atoms with Crippen molar-refractivity contribution < 1.29 is 19.3 Å². The fraction of sp³-hybridized carbons (Fsp3) is 0.931. The molecule has 0 aliphatic carbocycles. The van der Waals surface area contributed by atoms with Gasteiger partial charge in [0.15, 0.2) is 0 Å². The van der Waals surface area contributed by atoms with Crippen LogP contribution >= 0.6 is 0 Å². The van der Waals surface area contributed by atoms with Crippen LogP contribution in [0.2, 0.25) is 0 Å². The van der Waals surface area contributed by atoms with E-state index in [-0.39, 0.29) is 34.1 Å². The molecule has 216 valence electrons. The van der Waals surface area contributed by atoms with Crippen molar-refractivity contribution in [2.75, 3.05) is 13.1 Å². The standard InChI is InChI=1S/C29H56N4O4/c1-11-25(35)37-33-28(7,8)20-24(21-29(33,9)10)31-17-15-13-12-14-16-30-23-18-26(3,4)32(36-22(2)34)27(5,6)19-23/h23-24,30-31H,11-21H2,1-10H3. The summed E-state index contributed by atoms with van der Waals surface area (Å²) >= 11 is 0. The van der Waals surface area contributed by atoms with E-state index in [2.05, 4.69) is 66.0 Å². The molecular weight excluding hydrogens is 468 g/mol. The van der Waals surface area contributed by atoms with Crippen molar-refractivity contribution in [3.8, 4) is 0 Å². The van der Waals surface area contributed by atoms with Gasteiger partial charge in [-0.1, -0.05) is 19.8 Å². The third-order valence-electron chi connectivity index (χ3n) is 7.85. The smallest absolute Gasteiger partial charge is 0.324 e. The highest BCUT2D eigenvalue weighted by atomic mass is 16.7. The van der Waals surface area contributed by atoms with Gasteiger partial charge in [-0.05, 0) is 107 Å². The first kappa shape index (κ1) is 32.0. The van der Waals surface area contributed by atoms with Gasteiger partial charge in [0, 0.05) is 25.4 Å². The molecule has 2 heterocycles. The Morgan fingerprint density at radius 1 is 0.676 bits per heavy atom. The van der Waals surface area contributed by atoms with Crippen LogP contribution in [0, 0.1) is 0 Å². The molecule has 8 nitrogen and oxygen atoms in total. The number of unbranched alkanes of at least 4 members (excludes halogenated alkanes) is 3. The van der Waals surface area contributed by atoms with Gasteiger partial charge >= 0.3 is 11.9 Å². The van der Waals surface area contributed by atoms with E-state index in [1.54, 1.807) is 0 Å². The SMILES string of the molecule is CCC(=O)ON1C(C)(C)CC(NCCCCCCNC2CC(C)(C)N(OC(C)=O)C(C)(C)C2)CC1(C)C. The summed E-state index contributed by atoms with van der Waals surface area (Å²) in [5.74, 6) is -0.417. The van der Waals surface area contributed by atoms with Gasteiger partial charge in [-0.2, -0.15) is 0 Å². The topological polar surface area (TPSA) is 83.1 Å². The monoisotopic (exact) mass is 524 g/mol. The molecule has 2 N–H and O–H groups in total. The quantitative estimate of drug-likeness (QED) is 0.341. The summed E-state index contributed by atoms with van der Waals surface area (Å²) in [6, 6.07) is 0.848. The van der Waals surface area contributed by atoms with E-state index in [9.17, 15) is 9.59 Å². The number of piperidine rings is 2. The normalized spacial score (nSPS) is 24.1. The molecule has 0 radical (unpaired) electrons. The van der Waals surface area contributed by atoms with Crippen LogP contribution < -0.4 is 10.6 Å². The first-order chi connectivity index (χ1) is 17.0. The van der Waals surface area contributed by atoms with Crippen molar-refractivity contribution >= 4 is 11.9 Å². The van der Waals surface area contributed by atoms with E-state index < -0.39 is 0 Å². The van der Waals surface area contributed by atoms with Crippen LogP contribution in [0.25, 0.3) is 0 Å². The van der Waals surface area contributed by atoms with Crippen LogP contribution in [0.5, 0.6) is 0 Å². The number of rotatable bonds is 12. The molecule has 0 aromatic rings. The minimum atomic E-state index is -0.252. The van der Waals surface area contributed by atoms with Crippen LogP contribution in [-0.2, 0) is 19.3 Å². The van der Waals surface area contributed by atoms with E-state index in [1.165, 1.54) is 32.6 Å². The Morgan fingerprint density at radius 3 is 1.35 bits per heavy atom. The average Bonchev–Trinajstić information content (AvgIpc) is 2.74. The maximum atomic E-state index is 11.9. The average molecular weight is 525 g/mol. The second-order valence-electron chi connectivity index (χ2n) is 13.8. The van der Waals surface area contributed by atoms with Crippen LogP contribution in [0.15, 0.2) is 0 Å². The predicted molar refractivity (Wildman–Crippen MR) is 149 cm³/mol. The molecule has 0 aromatic carbocycles. The molecule has 0 amide bonds. The molecule has 0 spiro atoms.